The van der Waals surface area contributed by atoms with Gasteiger partial charge in [0.25, 0.3) is 0 Å². The van der Waals surface area contributed by atoms with Crippen LogP contribution >= 0.6 is 0 Å². The van der Waals surface area contributed by atoms with Crippen molar-refractivity contribution in [3.8, 4) is 6.07 Å². The molecule has 0 radical (unpaired) electrons. The molecule has 116 valence electrons. The van der Waals surface area contributed by atoms with E-state index in [0.29, 0.717) is 13.2 Å². The number of ether oxygens (including phenoxy) is 4. The maximum atomic E-state index is 11.0. The Kier molecular flexibility index (Phi) is 12.0. The van der Waals surface area contributed by atoms with Gasteiger partial charge in [0, 0.05) is 13.7 Å². The van der Waals surface area contributed by atoms with Crippen LogP contribution in [0.2, 0.25) is 0 Å². The number of nitrogens with zero attached hydrogens (tertiary/aromatic N) is 1. The number of hydrogen-bond donors (Lipinski definition) is 1. The molecule has 0 saturated carbocycles. The van der Waals surface area contributed by atoms with Crippen molar-refractivity contribution in [3.63, 3.8) is 0 Å². The summed E-state index contributed by atoms with van der Waals surface area (Å²) >= 11 is 0. The van der Waals surface area contributed by atoms with Gasteiger partial charge in [0.05, 0.1) is 25.9 Å². The number of carbonyl (C=O) groups is 1. The summed E-state index contributed by atoms with van der Waals surface area (Å²) in [5, 5.41) is 17.5. The molecule has 0 heterocycles. The Morgan fingerprint density at radius 2 is 2.05 bits per heavy atom. The zero-order valence-corrected chi connectivity index (χ0v) is 12.0. The van der Waals surface area contributed by atoms with Crippen LogP contribution < -0.4 is 0 Å². The van der Waals surface area contributed by atoms with Crippen molar-refractivity contribution in [3.05, 3.63) is 0 Å². The van der Waals surface area contributed by atoms with Crippen molar-refractivity contribution in [2.24, 2.45) is 0 Å². The summed E-state index contributed by atoms with van der Waals surface area (Å²) in [4.78, 5) is 11.0. The van der Waals surface area contributed by atoms with Gasteiger partial charge in [0.15, 0.2) is 0 Å². The van der Waals surface area contributed by atoms with E-state index in [-0.39, 0.29) is 26.2 Å². The summed E-state index contributed by atoms with van der Waals surface area (Å²) in [6.07, 6.45) is -0.276. The van der Waals surface area contributed by atoms with Crippen LogP contribution in [0.5, 0.6) is 0 Å². The van der Waals surface area contributed by atoms with Gasteiger partial charge in [-0.3, -0.25) is 4.79 Å². The minimum absolute atomic E-state index is 0.00494. The van der Waals surface area contributed by atoms with Crippen LogP contribution in [0.25, 0.3) is 0 Å². The van der Waals surface area contributed by atoms with Gasteiger partial charge in [-0.05, 0) is 6.42 Å². The topological polar surface area (TPSA) is 98.0 Å². The SMILES string of the molecule is CCCOCC(CO)OCC(COC(=O)CC#N)OC. The van der Waals surface area contributed by atoms with Crippen LogP contribution in [0.15, 0.2) is 0 Å². The van der Waals surface area contributed by atoms with Gasteiger partial charge in [0.1, 0.15) is 25.2 Å². The standard InChI is InChI=1S/C13H23NO6/c1-3-6-18-8-11(7-15)19-9-12(17-2)10-20-13(16)4-5-14/h11-12,15H,3-4,6-10H2,1-2H3. The molecule has 2 atom stereocenters. The van der Waals surface area contributed by atoms with Gasteiger partial charge < -0.3 is 24.1 Å². The van der Waals surface area contributed by atoms with E-state index < -0.39 is 18.2 Å². The molecule has 20 heavy (non-hydrogen) atoms. The molecule has 0 aromatic carbocycles. The quantitative estimate of drug-likeness (QED) is 0.406. The lowest BCUT2D eigenvalue weighted by molar-refractivity contribution is -0.149. The summed E-state index contributed by atoms with van der Waals surface area (Å²) in [5.41, 5.74) is 0. The highest BCUT2D eigenvalue weighted by Crippen LogP contribution is 2.00. The number of nitriles is 1. The van der Waals surface area contributed by atoms with E-state index in [1.807, 2.05) is 6.92 Å². The third kappa shape index (κ3) is 9.69. The highest BCUT2D eigenvalue weighted by atomic mass is 16.6. The molecular formula is C13H23NO6. The molecule has 0 saturated heterocycles. The summed E-state index contributed by atoms with van der Waals surface area (Å²) in [6, 6.07) is 1.70. The Hall–Kier alpha value is -1.20. The molecule has 0 aromatic rings. The second kappa shape index (κ2) is 12.8. The molecule has 0 bridgehead atoms. The third-order valence-electron chi connectivity index (χ3n) is 2.36. The average molecular weight is 289 g/mol. The molecule has 0 aliphatic carbocycles. The third-order valence-corrected chi connectivity index (χ3v) is 2.36. The van der Waals surface area contributed by atoms with Crippen LogP contribution in [0.4, 0.5) is 0 Å². The van der Waals surface area contributed by atoms with E-state index in [1.165, 1.54) is 7.11 Å². The lowest BCUT2D eigenvalue weighted by Gasteiger charge is -2.20. The summed E-state index contributed by atoms with van der Waals surface area (Å²) < 4.78 is 20.6. The Balaban J connectivity index is 3.90. The molecule has 0 spiro atoms. The van der Waals surface area contributed by atoms with Crippen molar-refractivity contribution in [1.82, 2.24) is 0 Å². The molecule has 1 N–H and O–H groups in total. The Bertz CT molecular complexity index is 291. The number of aliphatic hydroxyl groups is 1. The number of aliphatic hydroxyl groups excluding tert-OH is 1. The molecule has 0 rings (SSSR count). The Morgan fingerprint density at radius 1 is 1.30 bits per heavy atom. The van der Waals surface area contributed by atoms with Crippen LogP contribution in [0, 0.1) is 11.3 Å². The van der Waals surface area contributed by atoms with Gasteiger partial charge in [-0.25, -0.2) is 0 Å². The van der Waals surface area contributed by atoms with Gasteiger partial charge in [-0.1, -0.05) is 6.92 Å². The number of esters is 1. The lowest BCUT2D eigenvalue weighted by Crippen LogP contribution is -2.32. The second-order valence-corrected chi connectivity index (χ2v) is 4.09. The van der Waals surface area contributed by atoms with E-state index in [2.05, 4.69) is 0 Å². The molecule has 0 fully saturated rings. The molecule has 7 heteroatoms. The number of carbonyl (C=O) groups excluding carboxylic acids is 1. The largest absolute Gasteiger partial charge is 0.462 e. The van der Waals surface area contributed by atoms with Crippen LogP contribution in [-0.2, 0) is 23.7 Å². The van der Waals surface area contributed by atoms with E-state index in [0.717, 1.165) is 6.42 Å². The minimum atomic E-state index is -0.598. The Labute approximate surface area is 119 Å². The smallest absolute Gasteiger partial charge is 0.320 e. The highest BCUT2D eigenvalue weighted by Gasteiger charge is 2.15. The summed E-state index contributed by atoms with van der Waals surface area (Å²) in [7, 11) is 1.47. The van der Waals surface area contributed by atoms with Crippen molar-refractivity contribution in [2.45, 2.75) is 32.0 Å². The van der Waals surface area contributed by atoms with E-state index in [9.17, 15) is 4.79 Å². The first kappa shape index (κ1) is 18.8. The monoisotopic (exact) mass is 289 g/mol. The normalized spacial score (nSPS) is 13.5. The van der Waals surface area contributed by atoms with Crippen molar-refractivity contribution >= 4 is 5.97 Å². The number of hydrogen-bond acceptors (Lipinski definition) is 7. The fraction of sp³-hybridized carbons (Fsp3) is 0.846. The zero-order valence-electron chi connectivity index (χ0n) is 12.0. The zero-order chi connectivity index (χ0) is 15.2. The van der Waals surface area contributed by atoms with Crippen molar-refractivity contribution in [2.75, 3.05) is 40.1 Å². The molecular weight excluding hydrogens is 266 g/mol. The maximum absolute atomic E-state index is 11.0. The van der Waals surface area contributed by atoms with Gasteiger partial charge in [-0.15, -0.1) is 0 Å². The van der Waals surface area contributed by atoms with Crippen molar-refractivity contribution in [1.29, 1.82) is 5.26 Å². The first-order valence-electron chi connectivity index (χ1n) is 6.53. The van der Waals surface area contributed by atoms with E-state index in [1.54, 1.807) is 6.07 Å². The van der Waals surface area contributed by atoms with E-state index >= 15 is 0 Å². The highest BCUT2D eigenvalue weighted by molar-refractivity contribution is 5.71. The van der Waals surface area contributed by atoms with Crippen LogP contribution in [-0.4, -0.2) is 63.4 Å². The first-order valence-corrected chi connectivity index (χ1v) is 6.53. The van der Waals surface area contributed by atoms with Crippen LogP contribution in [0.3, 0.4) is 0 Å². The average Bonchev–Trinajstić information content (AvgIpc) is 2.45. The summed E-state index contributed by atoms with van der Waals surface area (Å²) in [5.74, 6) is -0.598. The first-order chi connectivity index (χ1) is 9.67. The predicted octanol–water partition coefficient (Wildman–Crippen LogP) is 0.262. The molecule has 0 aliphatic rings. The second-order valence-electron chi connectivity index (χ2n) is 4.09. The summed E-state index contributed by atoms with van der Waals surface area (Å²) in [6.45, 7) is 2.91. The number of methoxy groups -OCH3 is 1. The fourth-order valence-electron chi connectivity index (χ4n) is 1.24. The predicted molar refractivity (Wildman–Crippen MR) is 69.9 cm³/mol. The van der Waals surface area contributed by atoms with Gasteiger partial charge in [0.2, 0.25) is 0 Å². The lowest BCUT2D eigenvalue weighted by atomic mass is 10.3. The molecule has 2 unspecified atom stereocenters. The van der Waals surface area contributed by atoms with Crippen LogP contribution in [0.1, 0.15) is 19.8 Å². The van der Waals surface area contributed by atoms with Gasteiger partial charge in [-0.2, -0.15) is 5.26 Å². The molecule has 0 aromatic heterocycles. The number of rotatable bonds is 12. The Morgan fingerprint density at radius 3 is 2.60 bits per heavy atom. The fourth-order valence-corrected chi connectivity index (χ4v) is 1.24. The molecule has 0 amide bonds. The van der Waals surface area contributed by atoms with E-state index in [4.69, 9.17) is 29.3 Å². The van der Waals surface area contributed by atoms with Crippen molar-refractivity contribution < 1.29 is 28.8 Å². The molecule has 0 aliphatic heterocycles. The molecule has 7 nitrogen and oxygen atoms in total. The van der Waals surface area contributed by atoms with Gasteiger partial charge >= 0.3 is 5.97 Å². The maximum Gasteiger partial charge on any atom is 0.320 e. The minimum Gasteiger partial charge on any atom is -0.462 e.